The number of nitrogens with zero attached hydrogens (tertiary/aromatic N) is 2. The summed E-state index contributed by atoms with van der Waals surface area (Å²) in [6.45, 7) is 0. The normalized spacial score (nSPS) is 18.4. The predicted octanol–water partition coefficient (Wildman–Crippen LogP) is 5.42. The first-order valence-electron chi connectivity index (χ1n) is 11.0. The number of ether oxygens (including phenoxy) is 1. The summed E-state index contributed by atoms with van der Waals surface area (Å²) in [7, 11) is 0. The van der Waals surface area contributed by atoms with Gasteiger partial charge < -0.3 is 4.74 Å². The van der Waals surface area contributed by atoms with Crippen LogP contribution in [0.3, 0.4) is 0 Å². The summed E-state index contributed by atoms with van der Waals surface area (Å²) in [5.41, 5.74) is 5.77. The second-order valence-electron chi connectivity index (χ2n) is 8.96. The lowest BCUT2D eigenvalue weighted by Gasteiger charge is -2.25. The van der Waals surface area contributed by atoms with E-state index in [1.54, 1.807) is 0 Å². The Hall–Kier alpha value is -4.24. The maximum Gasteiger partial charge on any atom is 0.425 e. The fraction of sp³-hybridized carbons (Fsp3) is 0.0345. The average Bonchev–Trinajstić information content (AvgIpc) is 3.34. The van der Waals surface area contributed by atoms with Crippen molar-refractivity contribution in [2.75, 3.05) is 0 Å². The number of benzene rings is 4. The first kappa shape index (κ1) is 15.5. The Balaban J connectivity index is 1.66. The summed E-state index contributed by atoms with van der Waals surface area (Å²) < 4.78 is 11.5. The Morgan fingerprint density at radius 3 is 2.28 bits per heavy atom. The number of rotatable bonds is 0. The molecule has 3 aliphatic heterocycles. The van der Waals surface area contributed by atoms with Crippen molar-refractivity contribution in [3.05, 3.63) is 108 Å². The van der Waals surface area contributed by atoms with Gasteiger partial charge in [-0.25, -0.2) is 0 Å². The molecule has 9 rings (SSSR count). The van der Waals surface area contributed by atoms with Crippen LogP contribution < -0.4 is 13.9 Å². The van der Waals surface area contributed by atoms with Gasteiger partial charge in [0.1, 0.15) is 11.5 Å². The van der Waals surface area contributed by atoms with Crippen molar-refractivity contribution < 1.29 is 13.9 Å². The first-order valence-corrected chi connectivity index (χ1v) is 11.0. The number of pyridine rings is 2. The summed E-state index contributed by atoms with van der Waals surface area (Å²) >= 11 is 0. The third-order valence-electron chi connectivity index (χ3n) is 7.68. The van der Waals surface area contributed by atoms with Crippen LogP contribution in [0, 0.1) is 0 Å². The highest BCUT2D eigenvalue weighted by Crippen LogP contribution is 2.57. The van der Waals surface area contributed by atoms with E-state index in [4.69, 9.17) is 4.74 Å². The third kappa shape index (κ3) is 1.39. The van der Waals surface area contributed by atoms with Crippen molar-refractivity contribution >= 4 is 32.4 Å². The molecule has 3 aliphatic rings. The van der Waals surface area contributed by atoms with E-state index in [0.717, 1.165) is 11.5 Å². The zero-order chi connectivity index (χ0) is 20.6. The van der Waals surface area contributed by atoms with E-state index < -0.39 is 5.66 Å². The second-order valence-corrected chi connectivity index (χ2v) is 8.96. The minimum absolute atomic E-state index is 0.477. The maximum absolute atomic E-state index is 6.60. The van der Waals surface area contributed by atoms with E-state index in [1.807, 2.05) is 0 Å². The Bertz CT molecular complexity index is 1870. The highest BCUT2D eigenvalue weighted by Gasteiger charge is 2.70. The van der Waals surface area contributed by atoms with Crippen molar-refractivity contribution in [1.82, 2.24) is 0 Å². The van der Waals surface area contributed by atoms with Gasteiger partial charge >= 0.3 is 5.66 Å². The minimum Gasteiger partial charge on any atom is -0.456 e. The van der Waals surface area contributed by atoms with Crippen LogP contribution in [0.4, 0.5) is 0 Å². The van der Waals surface area contributed by atoms with Crippen molar-refractivity contribution in [2.45, 2.75) is 5.66 Å². The van der Waals surface area contributed by atoms with Crippen molar-refractivity contribution in [2.24, 2.45) is 0 Å². The molecule has 146 valence electrons. The molecule has 0 N–H and O–H groups in total. The molecular weight excluding hydrogens is 392 g/mol. The van der Waals surface area contributed by atoms with Gasteiger partial charge in [-0.05, 0) is 52.6 Å². The Labute approximate surface area is 183 Å². The fourth-order valence-electron chi connectivity index (χ4n) is 6.66. The van der Waals surface area contributed by atoms with Crippen LogP contribution in [-0.2, 0) is 5.66 Å². The number of aromatic nitrogens is 2. The highest BCUT2D eigenvalue weighted by atomic mass is 16.5. The molecule has 5 heterocycles. The zero-order valence-electron chi connectivity index (χ0n) is 17.0. The van der Waals surface area contributed by atoms with Gasteiger partial charge in [0.25, 0.3) is 0 Å². The van der Waals surface area contributed by atoms with E-state index >= 15 is 0 Å². The van der Waals surface area contributed by atoms with Crippen LogP contribution >= 0.6 is 0 Å². The van der Waals surface area contributed by atoms with Gasteiger partial charge in [-0.15, -0.1) is 9.13 Å². The Kier molecular flexibility index (Phi) is 2.34. The summed E-state index contributed by atoms with van der Waals surface area (Å²) in [6, 6.07) is 30.6. The molecule has 2 aromatic heterocycles. The van der Waals surface area contributed by atoms with E-state index in [2.05, 4.69) is 106 Å². The smallest absolute Gasteiger partial charge is 0.425 e. The number of hydrogen-bond donors (Lipinski definition) is 0. The van der Waals surface area contributed by atoms with Crippen molar-refractivity contribution in [1.29, 1.82) is 0 Å². The molecule has 0 aliphatic carbocycles. The summed E-state index contributed by atoms with van der Waals surface area (Å²) in [5, 5.41) is 6.48. The van der Waals surface area contributed by atoms with Crippen LogP contribution in [0.2, 0.25) is 0 Å². The van der Waals surface area contributed by atoms with Crippen LogP contribution in [0.1, 0.15) is 11.1 Å². The number of fused-ring (bicyclic) bond motifs is 5. The standard InChI is InChI=1S/C29H16N2O/c1-2-8-18-17(7-1)19-13-14-24-27-25(19)28-20(18)10-6-16-31(28)29(27)26-21(9-5-12-23(26)32-24)22-11-3-4-15-30(22)29/h1-16H/q+2. The first-order chi connectivity index (χ1) is 15.9. The van der Waals surface area contributed by atoms with E-state index in [1.165, 1.54) is 54.8 Å². The average molecular weight is 408 g/mol. The maximum atomic E-state index is 6.60. The Morgan fingerprint density at radius 2 is 1.34 bits per heavy atom. The van der Waals surface area contributed by atoms with Gasteiger partial charge in [-0.3, -0.25) is 0 Å². The predicted molar refractivity (Wildman–Crippen MR) is 123 cm³/mol. The molecule has 1 unspecified atom stereocenters. The topological polar surface area (TPSA) is 17.0 Å². The van der Waals surface area contributed by atoms with Gasteiger partial charge in [-0.1, -0.05) is 30.3 Å². The molecule has 3 heteroatoms. The van der Waals surface area contributed by atoms with E-state index in [0.29, 0.717) is 0 Å². The van der Waals surface area contributed by atoms with Gasteiger partial charge in [0.2, 0.25) is 11.2 Å². The molecule has 1 atom stereocenters. The monoisotopic (exact) mass is 408 g/mol. The molecule has 0 amide bonds. The molecule has 0 fully saturated rings. The van der Waals surface area contributed by atoms with Crippen molar-refractivity contribution in [3.63, 3.8) is 0 Å². The molecule has 32 heavy (non-hydrogen) atoms. The van der Waals surface area contributed by atoms with Crippen LogP contribution in [0.5, 0.6) is 11.5 Å². The summed E-state index contributed by atoms with van der Waals surface area (Å²) in [6.07, 6.45) is 4.48. The summed E-state index contributed by atoms with van der Waals surface area (Å²) in [4.78, 5) is 0. The highest BCUT2D eigenvalue weighted by molar-refractivity contribution is 6.25. The minimum atomic E-state index is -0.477. The van der Waals surface area contributed by atoms with Crippen LogP contribution in [0.15, 0.2) is 97.3 Å². The van der Waals surface area contributed by atoms with Crippen LogP contribution in [0.25, 0.3) is 43.7 Å². The molecule has 4 aromatic carbocycles. The fourth-order valence-corrected chi connectivity index (χ4v) is 6.66. The van der Waals surface area contributed by atoms with Gasteiger partial charge in [-0.2, -0.15) is 0 Å². The quantitative estimate of drug-likeness (QED) is 0.242. The van der Waals surface area contributed by atoms with Crippen LogP contribution in [-0.4, -0.2) is 0 Å². The lowest BCUT2D eigenvalue weighted by atomic mass is 9.85. The van der Waals surface area contributed by atoms with E-state index in [-0.39, 0.29) is 0 Å². The number of hydrogen-bond acceptors (Lipinski definition) is 1. The van der Waals surface area contributed by atoms with Gasteiger partial charge in [0, 0.05) is 18.2 Å². The second kappa shape index (κ2) is 4.81. The molecule has 0 saturated heterocycles. The molecular formula is C29H16N2O+2. The SMILES string of the molecule is c1cc2c3c(c1)-c1cccc[n+]1C31c3c(ccc4c5ccccc5c5ccc[n+]1c5c34)O2. The van der Waals surface area contributed by atoms with Gasteiger partial charge in [0.15, 0.2) is 23.5 Å². The molecule has 1 spiro atoms. The Morgan fingerprint density at radius 1 is 0.562 bits per heavy atom. The lowest BCUT2D eigenvalue weighted by Crippen LogP contribution is -2.71. The van der Waals surface area contributed by atoms with Crippen molar-refractivity contribution in [3.8, 4) is 22.8 Å². The largest absolute Gasteiger partial charge is 0.456 e. The molecule has 6 aromatic rings. The lowest BCUT2D eigenvalue weighted by molar-refractivity contribution is -0.950. The zero-order valence-corrected chi connectivity index (χ0v) is 17.0. The molecule has 0 saturated carbocycles. The van der Waals surface area contributed by atoms with Gasteiger partial charge in [0.05, 0.1) is 16.3 Å². The molecule has 0 bridgehead atoms. The molecule has 0 radical (unpaired) electrons. The third-order valence-corrected chi connectivity index (χ3v) is 7.68. The molecule has 3 nitrogen and oxygen atoms in total. The van der Waals surface area contributed by atoms with E-state index in [9.17, 15) is 0 Å². The summed E-state index contributed by atoms with van der Waals surface area (Å²) in [5.74, 6) is 1.89.